The molecule has 6 rings (SSSR count). The number of aliphatic carboxylic acids is 1. The zero-order chi connectivity index (χ0) is 36.8. The van der Waals surface area contributed by atoms with Crippen molar-refractivity contribution in [3.63, 3.8) is 0 Å². The first-order chi connectivity index (χ1) is 23.2. The summed E-state index contributed by atoms with van der Waals surface area (Å²) in [4.78, 5) is 52.3. The number of carboxylic acids is 1. The largest absolute Gasteiger partial charge is 0.481 e. The van der Waals surface area contributed by atoms with Crippen LogP contribution in [-0.4, -0.2) is 50.6 Å². The Kier molecular flexibility index (Phi) is 8.82. The number of rotatable bonds is 8. The van der Waals surface area contributed by atoms with Crippen molar-refractivity contribution in [1.82, 2.24) is 15.5 Å². The number of carboxylic acid groups (broad SMARTS) is 1. The van der Waals surface area contributed by atoms with Crippen LogP contribution in [0.5, 0.6) is 0 Å². The van der Waals surface area contributed by atoms with Gasteiger partial charge in [0.2, 0.25) is 5.89 Å². The molecule has 8 atom stereocenters. The van der Waals surface area contributed by atoms with E-state index < -0.39 is 28.8 Å². The predicted molar refractivity (Wildman–Crippen MR) is 187 cm³/mol. The Labute approximate surface area is 297 Å². The average Bonchev–Trinajstić information content (AvgIpc) is 3.61. The number of Topliss-reactive ketones (excluding diaryl/α,β-unsaturated/α-hetero) is 1. The van der Waals surface area contributed by atoms with E-state index in [1.54, 1.807) is 13.8 Å². The molecule has 5 aliphatic carbocycles. The van der Waals surface area contributed by atoms with Crippen molar-refractivity contribution in [2.45, 2.75) is 152 Å². The molecule has 5 aliphatic rings. The van der Waals surface area contributed by atoms with Crippen LogP contribution in [0.1, 0.15) is 150 Å². The lowest BCUT2D eigenvalue weighted by Crippen LogP contribution is -2.67. The molecule has 2 N–H and O–H groups in total. The topological polar surface area (TPSA) is 149 Å². The smallest absolute Gasteiger partial charge is 0.309 e. The molecular formula is C40H59N3O7. The number of aryl methyl sites for hydroxylation is 1. The quantitative estimate of drug-likeness (QED) is 0.264. The highest BCUT2D eigenvalue weighted by atomic mass is 16.5. The molecule has 0 aromatic carbocycles. The Morgan fingerprint density at radius 3 is 2.28 bits per heavy atom. The van der Waals surface area contributed by atoms with Crippen LogP contribution >= 0.6 is 0 Å². The lowest BCUT2D eigenvalue weighted by molar-refractivity contribution is -0.232. The highest BCUT2D eigenvalue weighted by Crippen LogP contribution is 2.76. The Morgan fingerprint density at radius 2 is 1.66 bits per heavy atom. The van der Waals surface area contributed by atoms with Crippen LogP contribution in [0, 0.1) is 50.7 Å². The van der Waals surface area contributed by atoms with Gasteiger partial charge in [-0.05, 0) is 116 Å². The van der Waals surface area contributed by atoms with Crippen LogP contribution in [0.3, 0.4) is 0 Å². The molecule has 10 heteroatoms. The van der Waals surface area contributed by atoms with Crippen molar-refractivity contribution in [3.05, 3.63) is 22.9 Å². The van der Waals surface area contributed by atoms with E-state index in [1.165, 1.54) is 0 Å². The number of ketones is 1. The summed E-state index contributed by atoms with van der Waals surface area (Å²) in [6.07, 6.45) is 7.76. The molecule has 4 unspecified atom stereocenters. The van der Waals surface area contributed by atoms with Crippen LogP contribution in [0.15, 0.2) is 15.6 Å². The first-order valence-electron chi connectivity index (χ1n) is 19.0. The number of amides is 1. The minimum atomic E-state index is -1.17. The first kappa shape index (κ1) is 36.7. The third-order valence-electron chi connectivity index (χ3n) is 15.1. The molecule has 1 aromatic rings. The molecule has 0 bridgehead atoms. The number of allylic oxidation sites excluding steroid dienone is 1. The maximum absolute atomic E-state index is 13.9. The fourth-order valence-corrected chi connectivity index (χ4v) is 12.3. The molecule has 0 aliphatic heterocycles. The highest BCUT2D eigenvalue weighted by molar-refractivity contribution is 6.03. The number of nitrogens with one attached hydrogen (secondary N) is 1. The number of hydrogen-bond donors (Lipinski definition) is 2. The number of hydrogen-bond acceptors (Lipinski definition) is 8. The number of nitrogens with zero attached hydrogens (tertiary/aromatic N) is 2. The summed E-state index contributed by atoms with van der Waals surface area (Å²) in [6, 6.07) is 0. The molecule has 10 nitrogen and oxygen atoms in total. The van der Waals surface area contributed by atoms with Crippen molar-refractivity contribution in [2.75, 3.05) is 0 Å². The molecule has 4 fully saturated rings. The second-order valence-electron chi connectivity index (χ2n) is 18.8. The van der Waals surface area contributed by atoms with E-state index >= 15 is 0 Å². The third kappa shape index (κ3) is 5.31. The van der Waals surface area contributed by atoms with Gasteiger partial charge in [0.05, 0.1) is 17.4 Å². The predicted octanol–water partition coefficient (Wildman–Crippen LogP) is 7.51. The molecule has 50 heavy (non-hydrogen) atoms. The van der Waals surface area contributed by atoms with E-state index in [9.17, 15) is 24.3 Å². The van der Waals surface area contributed by atoms with Gasteiger partial charge in [0, 0.05) is 18.3 Å². The Hall–Kier alpha value is -3.04. The summed E-state index contributed by atoms with van der Waals surface area (Å²) in [6.45, 7) is 21.2. The van der Waals surface area contributed by atoms with Crippen molar-refractivity contribution in [1.29, 1.82) is 0 Å². The Balaban J connectivity index is 1.30. The van der Waals surface area contributed by atoms with Gasteiger partial charge in [-0.2, -0.15) is 0 Å². The number of carbonyl (C=O) groups excluding carboxylic acids is 3. The summed E-state index contributed by atoms with van der Waals surface area (Å²) < 4.78 is 11.8. The number of aromatic nitrogens is 2. The molecule has 276 valence electrons. The highest BCUT2D eigenvalue weighted by Gasteiger charge is 2.70. The summed E-state index contributed by atoms with van der Waals surface area (Å²) in [7, 11) is 0. The second kappa shape index (κ2) is 12.0. The van der Waals surface area contributed by atoms with E-state index in [-0.39, 0.29) is 64.1 Å². The van der Waals surface area contributed by atoms with Gasteiger partial charge in [0.15, 0.2) is 5.78 Å². The molecule has 0 saturated heterocycles. The van der Waals surface area contributed by atoms with E-state index in [0.29, 0.717) is 30.6 Å². The second-order valence-corrected chi connectivity index (χ2v) is 18.8. The van der Waals surface area contributed by atoms with Gasteiger partial charge in [-0.15, -0.1) is 10.2 Å². The van der Waals surface area contributed by atoms with Crippen LogP contribution in [0.4, 0.5) is 0 Å². The van der Waals surface area contributed by atoms with Gasteiger partial charge in [0.25, 0.3) is 0 Å². The first-order valence-corrected chi connectivity index (χ1v) is 19.0. The number of fused-ring (bicyclic) bond motifs is 7. The van der Waals surface area contributed by atoms with Crippen molar-refractivity contribution in [2.24, 2.45) is 50.7 Å². The summed E-state index contributed by atoms with van der Waals surface area (Å²) >= 11 is 0. The normalized spacial score (nSPS) is 37.8. The number of carbonyl (C=O) groups is 4. The maximum atomic E-state index is 13.9. The Bertz CT molecular complexity index is 1620. The summed E-state index contributed by atoms with van der Waals surface area (Å²) in [5.41, 5.74) is -0.169. The van der Waals surface area contributed by atoms with Crippen LogP contribution in [0.25, 0.3) is 0 Å². The lowest BCUT2D eigenvalue weighted by atomic mass is 9.33. The van der Waals surface area contributed by atoms with Crippen molar-refractivity contribution in [3.8, 4) is 0 Å². The average molecular weight is 694 g/mol. The monoisotopic (exact) mass is 693 g/mol. The zero-order valence-corrected chi connectivity index (χ0v) is 32.0. The minimum absolute atomic E-state index is 0.00564. The molecule has 0 spiro atoms. The van der Waals surface area contributed by atoms with E-state index in [0.717, 1.165) is 56.1 Å². The number of ether oxygens (including phenoxy) is 1. The van der Waals surface area contributed by atoms with Crippen LogP contribution < -0.4 is 5.32 Å². The van der Waals surface area contributed by atoms with Gasteiger partial charge >= 0.3 is 23.7 Å². The van der Waals surface area contributed by atoms with Crippen molar-refractivity contribution >= 4 is 23.6 Å². The fourth-order valence-electron chi connectivity index (χ4n) is 12.3. The molecule has 0 radical (unpaired) electrons. The van der Waals surface area contributed by atoms with Gasteiger partial charge in [0.1, 0.15) is 6.10 Å². The lowest BCUT2D eigenvalue weighted by Gasteiger charge is -2.72. The van der Waals surface area contributed by atoms with Crippen LogP contribution in [0.2, 0.25) is 0 Å². The fraction of sp³-hybridized carbons (Fsp3) is 0.800. The molecule has 1 heterocycles. The van der Waals surface area contributed by atoms with Gasteiger partial charge < -0.3 is 19.6 Å². The molecule has 1 aromatic heterocycles. The van der Waals surface area contributed by atoms with Crippen LogP contribution in [-0.2, 0) is 25.5 Å². The summed E-state index contributed by atoms with van der Waals surface area (Å²) in [5, 5.41) is 20.9. The van der Waals surface area contributed by atoms with Gasteiger partial charge in [-0.3, -0.25) is 19.2 Å². The molecule has 1 amide bonds. The number of esters is 1. The van der Waals surface area contributed by atoms with Gasteiger partial charge in [-0.1, -0.05) is 55.4 Å². The van der Waals surface area contributed by atoms with E-state index in [4.69, 9.17) is 9.15 Å². The minimum Gasteiger partial charge on any atom is -0.481 e. The van der Waals surface area contributed by atoms with E-state index in [1.807, 2.05) is 6.92 Å². The zero-order valence-electron chi connectivity index (χ0n) is 32.0. The summed E-state index contributed by atoms with van der Waals surface area (Å²) in [5.74, 6) is -0.331. The molecule has 4 saturated carbocycles. The standard InChI is InChI=1S/C40H59N3O7/c1-11-28-42-43-33(50-28)32(46)41-40-19-18-38(9)23(31(40)30(22(2)3)24(44)20-40)12-13-26-37(8)16-15-27(49-29(45)21-35(4,5)34(47)48)36(6,7)25(37)14-17-39(26,38)10/h22-23,25-27H,11-21H2,1-10H3,(H,41,46)(H,47,48)/t23?,25?,26?,27-,37-,38+,39?,40+/m0/s1. The third-order valence-corrected chi connectivity index (χ3v) is 15.1. The van der Waals surface area contributed by atoms with Gasteiger partial charge in [-0.25, -0.2) is 0 Å². The Morgan fingerprint density at radius 1 is 0.960 bits per heavy atom. The SMILES string of the molecule is CCc1nnc(C(=O)N[C@@]23CC[C@]4(C)C(CCC5C4(C)CCC4C(C)(C)[C@@H](OC(=O)CC(C)(C)C(=O)O)CC[C@@]45C)C2=C(C(C)C)C(=O)C3)o1. The van der Waals surface area contributed by atoms with Crippen molar-refractivity contribution < 1.29 is 33.4 Å². The van der Waals surface area contributed by atoms with E-state index in [2.05, 4.69) is 64.0 Å². The molecular weight excluding hydrogens is 634 g/mol. The maximum Gasteiger partial charge on any atom is 0.309 e.